The van der Waals surface area contributed by atoms with Crippen molar-refractivity contribution in [1.29, 1.82) is 0 Å². The van der Waals surface area contributed by atoms with E-state index >= 15 is 0 Å². The van der Waals surface area contributed by atoms with E-state index in [4.69, 9.17) is 5.73 Å². The summed E-state index contributed by atoms with van der Waals surface area (Å²) < 4.78 is 0. The first kappa shape index (κ1) is 14.4. The van der Waals surface area contributed by atoms with Gasteiger partial charge in [0.2, 0.25) is 0 Å². The van der Waals surface area contributed by atoms with Gasteiger partial charge in [-0.3, -0.25) is 0 Å². The van der Waals surface area contributed by atoms with Crippen molar-refractivity contribution in [3.63, 3.8) is 0 Å². The summed E-state index contributed by atoms with van der Waals surface area (Å²) in [5.41, 5.74) is 7.47. The maximum atomic E-state index is 10.3. The van der Waals surface area contributed by atoms with Crippen LogP contribution in [0.2, 0.25) is 0 Å². The number of aliphatic hydroxyl groups is 1. The molecule has 0 spiro atoms. The number of aliphatic hydroxyl groups excluding tert-OH is 1. The molecule has 2 atom stereocenters. The number of hydrogen-bond donors (Lipinski definition) is 2. The third kappa shape index (κ3) is 3.71. The number of para-hydroxylation sites is 1. The molecule has 106 valence electrons. The predicted molar refractivity (Wildman–Crippen MR) is 79.9 cm³/mol. The predicted octanol–water partition coefficient (Wildman–Crippen LogP) is 2.96. The summed E-state index contributed by atoms with van der Waals surface area (Å²) >= 11 is 0. The first-order valence-electron chi connectivity index (χ1n) is 7.49. The maximum absolute atomic E-state index is 10.3. The zero-order valence-corrected chi connectivity index (χ0v) is 11.9. The van der Waals surface area contributed by atoms with Crippen molar-refractivity contribution in [2.75, 3.05) is 18.8 Å². The Morgan fingerprint density at radius 2 is 2.16 bits per heavy atom. The van der Waals surface area contributed by atoms with Crippen LogP contribution in [0.5, 0.6) is 0 Å². The Morgan fingerprint density at radius 1 is 1.37 bits per heavy atom. The molecule has 1 heterocycles. The van der Waals surface area contributed by atoms with Crippen molar-refractivity contribution in [2.45, 2.75) is 51.2 Å². The monoisotopic (exact) mass is 262 g/mol. The standard InChI is InChI=1S/C16H26N2O/c1-2-13-7-5-6-11-18(13)12-10-16(19)14-8-3-4-9-15(14)17/h3-4,8-9,13,16,19H,2,5-7,10-12,17H2,1H3. The SMILES string of the molecule is CCC1CCCCN1CCC(O)c1ccccc1N. The molecule has 2 rings (SSSR count). The summed E-state index contributed by atoms with van der Waals surface area (Å²) in [7, 11) is 0. The van der Waals surface area contributed by atoms with Gasteiger partial charge in [0.05, 0.1) is 6.10 Å². The lowest BCUT2D eigenvalue weighted by atomic mass is 9.98. The van der Waals surface area contributed by atoms with E-state index in [0.29, 0.717) is 11.7 Å². The molecule has 0 aromatic heterocycles. The molecule has 1 saturated heterocycles. The van der Waals surface area contributed by atoms with Crippen LogP contribution in [0.15, 0.2) is 24.3 Å². The van der Waals surface area contributed by atoms with Gasteiger partial charge in [0, 0.05) is 23.8 Å². The van der Waals surface area contributed by atoms with E-state index in [1.165, 1.54) is 32.2 Å². The lowest BCUT2D eigenvalue weighted by Crippen LogP contribution is -2.40. The van der Waals surface area contributed by atoms with Crippen LogP contribution in [-0.4, -0.2) is 29.1 Å². The first-order valence-corrected chi connectivity index (χ1v) is 7.49. The summed E-state index contributed by atoms with van der Waals surface area (Å²) in [5, 5.41) is 10.3. The number of nitrogens with two attached hydrogens (primary N) is 1. The van der Waals surface area contributed by atoms with E-state index in [2.05, 4.69) is 11.8 Å². The molecule has 3 N–H and O–H groups in total. The third-order valence-electron chi connectivity index (χ3n) is 4.27. The highest BCUT2D eigenvalue weighted by Gasteiger charge is 2.21. The van der Waals surface area contributed by atoms with E-state index < -0.39 is 6.10 Å². The van der Waals surface area contributed by atoms with Gasteiger partial charge >= 0.3 is 0 Å². The Kier molecular flexibility index (Phi) is 5.23. The van der Waals surface area contributed by atoms with Gasteiger partial charge in [-0.05, 0) is 38.3 Å². The number of hydrogen-bond acceptors (Lipinski definition) is 3. The second-order valence-electron chi connectivity index (χ2n) is 5.53. The summed E-state index contributed by atoms with van der Waals surface area (Å²) in [4.78, 5) is 2.53. The molecule has 1 aromatic rings. The Labute approximate surface area is 116 Å². The normalized spacial score (nSPS) is 22.3. The molecule has 1 aromatic carbocycles. The first-order chi connectivity index (χ1) is 9.22. The van der Waals surface area contributed by atoms with Crippen LogP contribution >= 0.6 is 0 Å². The van der Waals surface area contributed by atoms with Gasteiger partial charge < -0.3 is 15.7 Å². The van der Waals surface area contributed by atoms with Gasteiger partial charge in [-0.15, -0.1) is 0 Å². The molecule has 0 radical (unpaired) electrons. The van der Waals surface area contributed by atoms with Crippen LogP contribution in [0.25, 0.3) is 0 Å². The Balaban J connectivity index is 1.89. The molecule has 2 unspecified atom stereocenters. The fraction of sp³-hybridized carbons (Fsp3) is 0.625. The quantitative estimate of drug-likeness (QED) is 0.802. The minimum absolute atomic E-state index is 0.444. The number of anilines is 1. The van der Waals surface area contributed by atoms with E-state index in [1.54, 1.807) is 0 Å². The molecular weight excluding hydrogens is 236 g/mol. The second kappa shape index (κ2) is 6.92. The van der Waals surface area contributed by atoms with Gasteiger partial charge in [0.15, 0.2) is 0 Å². The molecule has 0 bridgehead atoms. The van der Waals surface area contributed by atoms with Gasteiger partial charge in [0.1, 0.15) is 0 Å². The van der Waals surface area contributed by atoms with E-state index in [0.717, 1.165) is 18.5 Å². The van der Waals surface area contributed by atoms with Crippen LogP contribution < -0.4 is 5.73 Å². The maximum Gasteiger partial charge on any atom is 0.0822 e. The zero-order chi connectivity index (χ0) is 13.7. The third-order valence-corrected chi connectivity index (χ3v) is 4.27. The number of likely N-dealkylation sites (tertiary alicyclic amines) is 1. The topological polar surface area (TPSA) is 49.5 Å². The molecular formula is C16H26N2O. The number of nitrogen functional groups attached to an aromatic ring is 1. The molecule has 3 heteroatoms. The molecule has 1 fully saturated rings. The lowest BCUT2D eigenvalue weighted by molar-refractivity contribution is 0.101. The highest BCUT2D eigenvalue weighted by molar-refractivity contribution is 5.47. The van der Waals surface area contributed by atoms with Gasteiger partial charge in [-0.25, -0.2) is 0 Å². The molecule has 0 aliphatic carbocycles. The van der Waals surface area contributed by atoms with Crippen molar-refractivity contribution in [3.8, 4) is 0 Å². The Morgan fingerprint density at radius 3 is 2.89 bits per heavy atom. The number of rotatable bonds is 5. The van der Waals surface area contributed by atoms with Crippen molar-refractivity contribution >= 4 is 5.69 Å². The van der Waals surface area contributed by atoms with Crippen molar-refractivity contribution in [2.24, 2.45) is 0 Å². The number of benzene rings is 1. The average molecular weight is 262 g/mol. The van der Waals surface area contributed by atoms with Crippen LogP contribution in [0.3, 0.4) is 0 Å². The minimum atomic E-state index is -0.444. The smallest absolute Gasteiger partial charge is 0.0822 e. The Bertz CT molecular complexity index is 394. The molecule has 3 nitrogen and oxygen atoms in total. The molecule has 0 saturated carbocycles. The van der Waals surface area contributed by atoms with Crippen LogP contribution in [-0.2, 0) is 0 Å². The van der Waals surface area contributed by atoms with E-state index in [-0.39, 0.29) is 0 Å². The molecule has 0 amide bonds. The summed E-state index contributed by atoms with van der Waals surface area (Å²) in [6.45, 7) is 4.40. The fourth-order valence-corrected chi connectivity index (χ4v) is 3.07. The summed E-state index contributed by atoms with van der Waals surface area (Å²) in [5.74, 6) is 0. The highest BCUT2D eigenvalue weighted by Crippen LogP contribution is 2.25. The van der Waals surface area contributed by atoms with Crippen molar-refractivity contribution in [1.82, 2.24) is 4.90 Å². The van der Waals surface area contributed by atoms with Gasteiger partial charge in [-0.2, -0.15) is 0 Å². The lowest BCUT2D eigenvalue weighted by Gasteiger charge is -2.35. The second-order valence-corrected chi connectivity index (χ2v) is 5.53. The van der Waals surface area contributed by atoms with E-state index in [1.807, 2.05) is 24.3 Å². The van der Waals surface area contributed by atoms with E-state index in [9.17, 15) is 5.11 Å². The fourth-order valence-electron chi connectivity index (χ4n) is 3.07. The zero-order valence-electron chi connectivity index (χ0n) is 11.9. The molecule has 1 aliphatic rings. The number of nitrogens with zero attached hydrogens (tertiary/aromatic N) is 1. The number of piperidine rings is 1. The van der Waals surface area contributed by atoms with Gasteiger partial charge in [-0.1, -0.05) is 31.5 Å². The molecule has 1 aliphatic heterocycles. The van der Waals surface area contributed by atoms with Crippen LogP contribution in [0.1, 0.15) is 50.7 Å². The largest absolute Gasteiger partial charge is 0.398 e. The minimum Gasteiger partial charge on any atom is -0.398 e. The van der Waals surface area contributed by atoms with Crippen LogP contribution in [0, 0.1) is 0 Å². The van der Waals surface area contributed by atoms with Gasteiger partial charge in [0.25, 0.3) is 0 Å². The van der Waals surface area contributed by atoms with Crippen molar-refractivity contribution < 1.29 is 5.11 Å². The highest BCUT2D eigenvalue weighted by atomic mass is 16.3. The average Bonchev–Trinajstić information content (AvgIpc) is 2.45. The Hall–Kier alpha value is -1.06. The molecule has 19 heavy (non-hydrogen) atoms. The van der Waals surface area contributed by atoms with Crippen LogP contribution in [0.4, 0.5) is 5.69 Å². The summed E-state index contributed by atoms with van der Waals surface area (Å²) in [6, 6.07) is 8.32. The summed E-state index contributed by atoms with van der Waals surface area (Å²) in [6.07, 6.45) is 5.48. The van der Waals surface area contributed by atoms with Crippen molar-refractivity contribution in [3.05, 3.63) is 29.8 Å².